The molecule has 0 saturated heterocycles. The Morgan fingerprint density at radius 1 is 1.35 bits per heavy atom. The van der Waals surface area contributed by atoms with E-state index in [-0.39, 0.29) is 17.7 Å². The number of primary amides is 1. The van der Waals surface area contributed by atoms with Crippen LogP contribution in [0.25, 0.3) is 0 Å². The highest BCUT2D eigenvalue weighted by Gasteiger charge is 2.25. The number of ether oxygens (including phenoxy) is 1. The molecule has 7 nitrogen and oxygen atoms in total. The first-order chi connectivity index (χ1) is 10.5. The minimum absolute atomic E-state index is 0.116. The highest BCUT2D eigenvalue weighted by molar-refractivity contribution is 5.94. The van der Waals surface area contributed by atoms with Crippen LogP contribution in [0.2, 0.25) is 0 Å². The van der Waals surface area contributed by atoms with E-state index in [0.29, 0.717) is 0 Å². The Labute approximate surface area is 133 Å². The minimum Gasteiger partial charge on any atom is -0.444 e. The average Bonchev–Trinajstić information content (AvgIpc) is 2.41. The van der Waals surface area contributed by atoms with E-state index in [1.807, 2.05) is 0 Å². The molecule has 2 amide bonds. The van der Waals surface area contributed by atoms with Gasteiger partial charge in [-0.25, -0.2) is 9.18 Å². The Morgan fingerprint density at radius 3 is 2.48 bits per heavy atom. The first kappa shape index (κ1) is 18.9. The Balaban J connectivity index is 2.77. The van der Waals surface area contributed by atoms with Gasteiger partial charge in [0, 0.05) is 12.1 Å². The number of aliphatic hydroxyl groups excluding tert-OH is 2. The van der Waals surface area contributed by atoms with Crippen LogP contribution >= 0.6 is 0 Å². The lowest BCUT2D eigenvalue weighted by molar-refractivity contribution is 0.0124. The molecule has 0 saturated carbocycles. The molecule has 23 heavy (non-hydrogen) atoms. The number of hydrogen-bond donors (Lipinski definition) is 4. The van der Waals surface area contributed by atoms with Crippen molar-refractivity contribution in [3.05, 3.63) is 35.1 Å². The van der Waals surface area contributed by atoms with Gasteiger partial charge in [-0.3, -0.25) is 4.79 Å². The summed E-state index contributed by atoms with van der Waals surface area (Å²) in [5, 5.41) is 22.3. The largest absolute Gasteiger partial charge is 0.444 e. The monoisotopic (exact) mass is 328 g/mol. The summed E-state index contributed by atoms with van der Waals surface area (Å²) in [4.78, 5) is 22.8. The number of rotatable bonds is 5. The number of benzene rings is 1. The number of alkyl carbamates (subject to hydrolysis) is 1. The highest BCUT2D eigenvalue weighted by atomic mass is 19.1. The maximum absolute atomic E-state index is 13.3. The molecular weight excluding hydrogens is 307 g/mol. The molecular formula is C15H21FN2O5. The normalized spacial score (nSPS) is 14.0. The summed E-state index contributed by atoms with van der Waals surface area (Å²) >= 11 is 0. The highest BCUT2D eigenvalue weighted by Crippen LogP contribution is 2.22. The van der Waals surface area contributed by atoms with E-state index >= 15 is 0 Å². The molecule has 1 rings (SSSR count). The minimum atomic E-state index is -1.61. The molecule has 2 unspecified atom stereocenters. The van der Waals surface area contributed by atoms with Gasteiger partial charge in [0.25, 0.3) is 0 Å². The summed E-state index contributed by atoms with van der Waals surface area (Å²) in [6.07, 6.45) is -3.87. The average molecular weight is 328 g/mol. The Hall–Kier alpha value is -2.19. The van der Waals surface area contributed by atoms with Crippen LogP contribution in [0.3, 0.4) is 0 Å². The number of nitrogens with two attached hydrogens (primary N) is 1. The predicted molar refractivity (Wildman–Crippen MR) is 80.1 cm³/mol. The van der Waals surface area contributed by atoms with Crippen LogP contribution in [-0.2, 0) is 4.74 Å². The second-order valence-electron chi connectivity index (χ2n) is 5.99. The van der Waals surface area contributed by atoms with Gasteiger partial charge in [0.1, 0.15) is 23.6 Å². The van der Waals surface area contributed by atoms with E-state index in [4.69, 9.17) is 10.5 Å². The van der Waals surface area contributed by atoms with Gasteiger partial charge >= 0.3 is 6.09 Å². The molecule has 0 aromatic heterocycles. The van der Waals surface area contributed by atoms with Crippen molar-refractivity contribution in [2.45, 2.75) is 38.6 Å². The van der Waals surface area contributed by atoms with E-state index in [1.54, 1.807) is 20.8 Å². The first-order valence-corrected chi connectivity index (χ1v) is 6.93. The number of carbonyl (C=O) groups is 2. The second kappa shape index (κ2) is 7.38. The number of nitrogens with one attached hydrogen (secondary N) is 1. The first-order valence-electron chi connectivity index (χ1n) is 6.93. The van der Waals surface area contributed by atoms with Gasteiger partial charge in [0.2, 0.25) is 5.91 Å². The lowest BCUT2D eigenvalue weighted by Crippen LogP contribution is -2.39. The van der Waals surface area contributed by atoms with Crippen molar-refractivity contribution >= 4 is 12.0 Å². The Kier molecular flexibility index (Phi) is 6.05. The van der Waals surface area contributed by atoms with Gasteiger partial charge in [0.05, 0.1) is 0 Å². The molecule has 0 radical (unpaired) electrons. The van der Waals surface area contributed by atoms with Gasteiger partial charge in [-0.05, 0) is 44.5 Å². The maximum Gasteiger partial charge on any atom is 0.407 e. The lowest BCUT2D eigenvalue weighted by Gasteiger charge is -2.23. The maximum atomic E-state index is 13.3. The fourth-order valence-electron chi connectivity index (χ4n) is 1.82. The van der Waals surface area contributed by atoms with Crippen molar-refractivity contribution in [1.29, 1.82) is 0 Å². The molecule has 0 heterocycles. The van der Waals surface area contributed by atoms with Crippen molar-refractivity contribution in [2.24, 2.45) is 5.73 Å². The molecule has 8 heteroatoms. The van der Waals surface area contributed by atoms with Crippen LogP contribution in [0.5, 0.6) is 0 Å². The summed E-state index contributed by atoms with van der Waals surface area (Å²) in [6, 6.07) is 3.04. The topological polar surface area (TPSA) is 122 Å². The van der Waals surface area contributed by atoms with Crippen LogP contribution in [-0.4, -0.2) is 40.5 Å². The van der Waals surface area contributed by atoms with Crippen molar-refractivity contribution in [2.75, 3.05) is 6.54 Å². The smallest absolute Gasteiger partial charge is 0.407 e. The Morgan fingerprint density at radius 2 is 1.96 bits per heavy atom. The number of amides is 2. The Bertz CT molecular complexity index is 586. The lowest BCUT2D eigenvalue weighted by atomic mass is 9.98. The third-order valence-corrected chi connectivity index (χ3v) is 2.82. The fraction of sp³-hybridized carbons (Fsp3) is 0.467. The van der Waals surface area contributed by atoms with E-state index in [2.05, 4.69) is 5.32 Å². The molecule has 2 atom stereocenters. The predicted octanol–water partition coefficient (Wildman–Crippen LogP) is 0.844. The van der Waals surface area contributed by atoms with E-state index in [9.17, 15) is 24.2 Å². The third-order valence-electron chi connectivity index (χ3n) is 2.82. The zero-order valence-electron chi connectivity index (χ0n) is 13.2. The van der Waals surface area contributed by atoms with Gasteiger partial charge in [0.15, 0.2) is 0 Å². The fourth-order valence-corrected chi connectivity index (χ4v) is 1.82. The van der Waals surface area contributed by atoms with Crippen molar-refractivity contribution in [3.8, 4) is 0 Å². The van der Waals surface area contributed by atoms with Crippen LogP contribution in [0.15, 0.2) is 18.2 Å². The van der Waals surface area contributed by atoms with Crippen LogP contribution in [0.4, 0.5) is 9.18 Å². The van der Waals surface area contributed by atoms with E-state index in [0.717, 1.165) is 18.2 Å². The second-order valence-corrected chi connectivity index (χ2v) is 5.99. The zero-order chi connectivity index (χ0) is 17.8. The van der Waals surface area contributed by atoms with Crippen molar-refractivity contribution < 1.29 is 28.9 Å². The molecule has 1 aromatic carbocycles. The van der Waals surface area contributed by atoms with Gasteiger partial charge in [-0.1, -0.05) is 0 Å². The summed E-state index contributed by atoms with van der Waals surface area (Å²) in [5.74, 6) is -1.57. The number of halogens is 1. The molecule has 128 valence electrons. The standard InChI is InChI=1S/C15H21FN2O5/c1-15(2,3)23-14(22)18-7-11(19)12(20)10-6-8(16)4-5-9(10)13(17)21/h4-6,11-12,19-20H,7H2,1-3H3,(H2,17,21)(H,18,22). The van der Waals surface area contributed by atoms with Gasteiger partial charge < -0.3 is 26.0 Å². The molecule has 1 aromatic rings. The molecule has 0 aliphatic rings. The van der Waals surface area contributed by atoms with Crippen molar-refractivity contribution in [3.63, 3.8) is 0 Å². The third kappa shape index (κ3) is 5.84. The van der Waals surface area contributed by atoms with E-state index in [1.165, 1.54) is 0 Å². The summed E-state index contributed by atoms with van der Waals surface area (Å²) in [6.45, 7) is 4.65. The van der Waals surface area contributed by atoms with Gasteiger partial charge in [-0.15, -0.1) is 0 Å². The molecule has 0 spiro atoms. The molecule has 0 aliphatic heterocycles. The van der Waals surface area contributed by atoms with Crippen LogP contribution in [0, 0.1) is 5.82 Å². The van der Waals surface area contributed by atoms with Crippen LogP contribution in [0.1, 0.15) is 42.8 Å². The number of hydrogen-bond acceptors (Lipinski definition) is 5. The molecule has 0 aliphatic carbocycles. The molecule has 0 bridgehead atoms. The number of carbonyl (C=O) groups excluding carboxylic acids is 2. The van der Waals surface area contributed by atoms with E-state index < -0.39 is 35.6 Å². The SMILES string of the molecule is CC(C)(C)OC(=O)NCC(O)C(O)c1cc(F)ccc1C(N)=O. The van der Waals surface area contributed by atoms with Gasteiger partial charge in [-0.2, -0.15) is 0 Å². The quantitative estimate of drug-likeness (QED) is 0.638. The van der Waals surface area contributed by atoms with Crippen molar-refractivity contribution in [1.82, 2.24) is 5.32 Å². The number of aliphatic hydroxyl groups is 2. The summed E-state index contributed by atoms with van der Waals surface area (Å²) in [5.41, 5.74) is 4.17. The molecule has 0 fully saturated rings. The summed E-state index contributed by atoms with van der Waals surface area (Å²) < 4.78 is 18.3. The summed E-state index contributed by atoms with van der Waals surface area (Å²) in [7, 11) is 0. The van der Waals surface area contributed by atoms with Crippen LogP contribution < -0.4 is 11.1 Å². The molecule has 5 N–H and O–H groups in total. The zero-order valence-corrected chi connectivity index (χ0v) is 13.2.